The SMILES string of the molecule is CCOC(=O)C1=Nc2ccc(OC)cc2C1=Cc1sc(=S)n(C)c1O. The van der Waals surface area contributed by atoms with Crippen LogP contribution in [0.15, 0.2) is 23.2 Å². The fourth-order valence-electron chi connectivity index (χ4n) is 2.45. The minimum Gasteiger partial charge on any atom is -0.497 e. The van der Waals surface area contributed by atoms with Crippen molar-refractivity contribution in [3.05, 3.63) is 32.6 Å². The van der Waals surface area contributed by atoms with Gasteiger partial charge in [0, 0.05) is 18.2 Å². The number of hydrogen-bond donors (Lipinski definition) is 1. The first-order valence-electron chi connectivity index (χ1n) is 7.51. The summed E-state index contributed by atoms with van der Waals surface area (Å²) in [5.74, 6) is 0.180. The monoisotopic (exact) mass is 376 g/mol. The topological polar surface area (TPSA) is 73.0 Å². The lowest BCUT2D eigenvalue weighted by molar-refractivity contribution is -0.134. The second-order valence-electron chi connectivity index (χ2n) is 5.24. The molecule has 1 N–H and O–H groups in total. The second-order valence-corrected chi connectivity index (χ2v) is 6.91. The number of hydrogen-bond acceptors (Lipinski definition) is 7. The molecule has 1 aromatic carbocycles. The molecule has 0 saturated carbocycles. The van der Waals surface area contributed by atoms with E-state index in [0.717, 1.165) is 5.56 Å². The fourth-order valence-corrected chi connectivity index (χ4v) is 3.62. The Morgan fingerprint density at radius 3 is 2.84 bits per heavy atom. The van der Waals surface area contributed by atoms with E-state index in [2.05, 4.69) is 4.99 Å². The van der Waals surface area contributed by atoms with E-state index in [0.29, 0.717) is 25.8 Å². The fraction of sp³-hybridized carbons (Fsp3) is 0.235. The zero-order valence-electron chi connectivity index (χ0n) is 13.9. The number of fused-ring (bicyclic) bond motifs is 1. The van der Waals surface area contributed by atoms with Crippen LogP contribution in [-0.2, 0) is 16.6 Å². The van der Waals surface area contributed by atoms with E-state index in [1.165, 1.54) is 15.9 Å². The van der Waals surface area contributed by atoms with Gasteiger partial charge in [0.2, 0.25) is 5.88 Å². The number of rotatable bonds is 4. The van der Waals surface area contributed by atoms with Crippen molar-refractivity contribution in [1.29, 1.82) is 0 Å². The summed E-state index contributed by atoms with van der Waals surface area (Å²) in [6.45, 7) is 1.99. The highest BCUT2D eigenvalue weighted by Gasteiger charge is 2.28. The highest BCUT2D eigenvalue weighted by atomic mass is 32.1. The molecular formula is C17H16N2O4S2. The summed E-state index contributed by atoms with van der Waals surface area (Å²) in [7, 11) is 3.25. The lowest BCUT2D eigenvalue weighted by atomic mass is 10.0. The van der Waals surface area contributed by atoms with E-state index in [9.17, 15) is 9.90 Å². The van der Waals surface area contributed by atoms with Crippen LogP contribution in [0.4, 0.5) is 5.69 Å². The summed E-state index contributed by atoms with van der Waals surface area (Å²) in [5.41, 5.74) is 2.16. The molecule has 25 heavy (non-hydrogen) atoms. The van der Waals surface area contributed by atoms with E-state index in [1.54, 1.807) is 45.4 Å². The van der Waals surface area contributed by atoms with Crippen LogP contribution in [0.25, 0.3) is 11.6 Å². The summed E-state index contributed by atoms with van der Waals surface area (Å²) < 4.78 is 12.4. The predicted molar refractivity (Wildman–Crippen MR) is 100 cm³/mol. The van der Waals surface area contributed by atoms with Crippen LogP contribution in [0, 0.1) is 3.95 Å². The van der Waals surface area contributed by atoms with Crippen molar-refractivity contribution in [1.82, 2.24) is 4.57 Å². The third kappa shape index (κ3) is 3.10. The van der Waals surface area contributed by atoms with Crippen molar-refractivity contribution in [2.24, 2.45) is 12.0 Å². The number of aromatic nitrogens is 1. The summed E-state index contributed by atoms with van der Waals surface area (Å²) in [4.78, 5) is 17.3. The average Bonchev–Trinajstić information content (AvgIpc) is 3.08. The van der Waals surface area contributed by atoms with E-state index < -0.39 is 5.97 Å². The number of aromatic hydroxyl groups is 1. The van der Waals surface area contributed by atoms with Crippen molar-refractivity contribution in [2.45, 2.75) is 6.92 Å². The van der Waals surface area contributed by atoms with Crippen LogP contribution in [0.2, 0.25) is 0 Å². The summed E-state index contributed by atoms with van der Waals surface area (Å²) in [6.07, 6.45) is 1.71. The van der Waals surface area contributed by atoms with Gasteiger partial charge in [-0.05, 0) is 43.4 Å². The van der Waals surface area contributed by atoms with Gasteiger partial charge >= 0.3 is 5.97 Å². The lowest BCUT2D eigenvalue weighted by Gasteiger charge is -2.06. The number of carbonyl (C=O) groups is 1. The van der Waals surface area contributed by atoms with E-state index in [4.69, 9.17) is 21.7 Å². The highest BCUT2D eigenvalue weighted by Crippen LogP contribution is 2.40. The molecule has 0 spiro atoms. The van der Waals surface area contributed by atoms with Crippen LogP contribution >= 0.6 is 23.6 Å². The third-order valence-electron chi connectivity index (χ3n) is 3.73. The van der Waals surface area contributed by atoms with Gasteiger partial charge < -0.3 is 14.6 Å². The Hall–Kier alpha value is -2.45. The normalized spacial score (nSPS) is 14.4. The molecule has 0 saturated heterocycles. The molecule has 0 aliphatic carbocycles. The number of nitrogens with zero attached hydrogens (tertiary/aromatic N) is 2. The number of methoxy groups -OCH3 is 1. The molecule has 2 aromatic rings. The molecule has 1 aliphatic heterocycles. The molecule has 130 valence electrons. The predicted octanol–water partition coefficient (Wildman–Crippen LogP) is 3.72. The standard InChI is InChI=1S/C17H16N2O4S2/c1-4-23-16(21)14-11(8-13-15(20)19(2)17(24)25-13)10-7-9(22-3)5-6-12(10)18-14/h5-8,20H,4H2,1-3H3. The average molecular weight is 376 g/mol. The molecule has 8 heteroatoms. The molecule has 0 unspecified atom stereocenters. The molecule has 0 fully saturated rings. The van der Waals surface area contributed by atoms with Gasteiger partial charge in [-0.25, -0.2) is 9.79 Å². The third-order valence-corrected chi connectivity index (χ3v) is 5.23. The van der Waals surface area contributed by atoms with E-state index in [-0.39, 0.29) is 18.2 Å². The van der Waals surface area contributed by atoms with Crippen molar-refractivity contribution in [2.75, 3.05) is 13.7 Å². The van der Waals surface area contributed by atoms with E-state index >= 15 is 0 Å². The Balaban J connectivity index is 2.17. The van der Waals surface area contributed by atoms with Gasteiger partial charge in [-0.2, -0.15) is 0 Å². The van der Waals surface area contributed by atoms with Gasteiger partial charge in [-0.1, -0.05) is 0 Å². The van der Waals surface area contributed by atoms with Crippen molar-refractivity contribution < 1.29 is 19.4 Å². The first kappa shape index (κ1) is 17.4. The van der Waals surface area contributed by atoms with Gasteiger partial charge in [-0.15, -0.1) is 11.3 Å². The Morgan fingerprint density at radius 1 is 1.48 bits per heavy atom. The van der Waals surface area contributed by atoms with Crippen molar-refractivity contribution in [3.63, 3.8) is 0 Å². The van der Waals surface area contributed by atoms with E-state index in [1.807, 2.05) is 0 Å². The second kappa shape index (κ2) is 6.81. The number of ether oxygens (including phenoxy) is 2. The summed E-state index contributed by atoms with van der Waals surface area (Å²) in [6, 6.07) is 5.36. The maximum absolute atomic E-state index is 12.3. The van der Waals surface area contributed by atoms with Crippen LogP contribution in [0.3, 0.4) is 0 Å². The first-order chi connectivity index (χ1) is 12.0. The minimum atomic E-state index is -0.511. The van der Waals surface area contributed by atoms with Gasteiger partial charge in [0.05, 0.1) is 24.3 Å². The first-order valence-corrected chi connectivity index (χ1v) is 8.73. The maximum atomic E-state index is 12.3. The number of benzene rings is 1. The molecule has 2 heterocycles. The Bertz CT molecular complexity index is 970. The molecule has 3 rings (SSSR count). The van der Waals surface area contributed by atoms with Crippen molar-refractivity contribution >= 4 is 52.6 Å². The molecule has 1 aromatic heterocycles. The maximum Gasteiger partial charge on any atom is 0.357 e. The number of aliphatic imine (C=N–C) groups is 1. The molecule has 0 atom stereocenters. The molecule has 0 amide bonds. The van der Waals surface area contributed by atoms with Crippen LogP contribution < -0.4 is 4.74 Å². The highest BCUT2D eigenvalue weighted by molar-refractivity contribution is 7.73. The molecular weight excluding hydrogens is 360 g/mol. The summed E-state index contributed by atoms with van der Waals surface area (Å²) in [5, 5.41) is 10.2. The summed E-state index contributed by atoms with van der Waals surface area (Å²) >= 11 is 6.45. The Kier molecular flexibility index (Phi) is 4.73. The molecule has 1 aliphatic rings. The number of thiazole rings is 1. The van der Waals surface area contributed by atoms with Gasteiger partial charge in [0.25, 0.3) is 0 Å². The largest absolute Gasteiger partial charge is 0.497 e. The van der Waals surface area contributed by atoms with Crippen LogP contribution in [0.1, 0.15) is 17.4 Å². The van der Waals surface area contributed by atoms with Crippen LogP contribution in [0.5, 0.6) is 11.6 Å². The molecule has 6 nitrogen and oxygen atoms in total. The zero-order valence-corrected chi connectivity index (χ0v) is 15.5. The van der Waals surface area contributed by atoms with Gasteiger partial charge in [0.1, 0.15) is 5.75 Å². The molecule has 0 radical (unpaired) electrons. The number of carbonyl (C=O) groups excluding carboxylic acids is 1. The van der Waals surface area contributed by atoms with Gasteiger partial charge in [-0.3, -0.25) is 4.57 Å². The number of esters is 1. The quantitative estimate of drug-likeness (QED) is 0.650. The van der Waals surface area contributed by atoms with Crippen molar-refractivity contribution in [3.8, 4) is 11.6 Å². The molecule has 0 bridgehead atoms. The minimum absolute atomic E-state index is 0.0436. The van der Waals surface area contributed by atoms with Gasteiger partial charge in [0.15, 0.2) is 9.67 Å². The zero-order chi connectivity index (χ0) is 18.1. The Morgan fingerprint density at radius 2 is 2.24 bits per heavy atom. The Labute approximate surface area is 153 Å². The smallest absolute Gasteiger partial charge is 0.357 e. The lowest BCUT2D eigenvalue weighted by Crippen LogP contribution is -2.16. The van der Waals surface area contributed by atoms with Crippen LogP contribution in [-0.4, -0.2) is 35.1 Å².